The van der Waals surface area contributed by atoms with Crippen molar-refractivity contribution in [2.24, 2.45) is 0 Å². The van der Waals surface area contributed by atoms with E-state index in [0.29, 0.717) is 12.1 Å². The van der Waals surface area contributed by atoms with E-state index in [4.69, 9.17) is 4.74 Å². The molecule has 0 amide bonds. The monoisotopic (exact) mass is 247 g/mol. The molecule has 1 aromatic rings. The molecule has 0 aliphatic carbocycles. The van der Waals surface area contributed by atoms with Crippen LogP contribution in [0.2, 0.25) is 0 Å². The predicted molar refractivity (Wildman–Crippen MR) is 70.8 cm³/mol. The van der Waals surface area contributed by atoms with Crippen LogP contribution in [0.5, 0.6) is 5.75 Å². The van der Waals surface area contributed by atoms with Crippen molar-refractivity contribution >= 4 is 0 Å². The van der Waals surface area contributed by atoms with Crippen LogP contribution >= 0.6 is 0 Å². The van der Waals surface area contributed by atoms with E-state index in [1.54, 1.807) is 7.11 Å². The second-order valence-corrected chi connectivity index (χ2v) is 5.82. The number of aliphatic hydroxyl groups is 1. The quantitative estimate of drug-likeness (QED) is 0.841. The summed E-state index contributed by atoms with van der Waals surface area (Å²) < 4.78 is 5.31. The van der Waals surface area contributed by atoms with Crippen LogP contribution in [0.4, 0.5) is 0 Å². The molecule has 2 aliphatic heterocycles. The zero-order valence-electron chi connectivity index (χ0n) is 11.1. The lowest BCUT2D eigenvalue weighted by Crippen LogP contribution is -2.46. The molecule has 98 valence electrons. The number of aryl methyl sites for hydroxylation is 1. The lowest BCUT2D eigenvalue weighted by atomic mass is 9.81. The number of rotatable bonds is 2. The molecule has 3 rings (SSSR count). The average molecular weight is 247 g/mol. The van der Waals surface area contributed by atoms with Crippen molar-refractivity contribution in [3.05, 3.63) is 29.3 Å². The van der Waals surface area contributed by atoms with Gasteiger partial charge in [-0.1, -0.05) is 6.07 Å². The molecule has 0 saturated carbocycles. The maximum Gasteiger partial charge on any atom is 0.119 e. The van der Waals surface area contributed by atoms with E-state index in [9.17, 15) is 5.11 Å². The first-order chi connectivity index (χ1) is 8.59. The highest BCUT2D eigenvalue weighted by Gasteiger charge is 2.43. The molecule has 0 radical (unpaired) electrons. The minimum absolute atomic E-state index is 0.472. The van der Waals surface area contributed by atoms with Crippen LogP contribution in [-0.2, 0) is 5.60 Å². The van der Waals surface area contributed by atoms with E-state index in [1.165, 1.54) is 12.8 Å². The number of hydrogen-bond donors (Lipinski definition) is 2. The van der Waals surface area contributed by atoms with E-state index >= 15 is 0 Å². The minimum atomic E-state index is -0.684. The van der Waals surface area contributed by atoms with Crippen LogP contribution in [0.25, 0.3) is 0 Å². The first-order valence-electron chi connectivity index (χ1n) is 6.74. The fourth-order valence-electron chi connectivity index (χ4n) is 3.49. The summed E-state index contributed by atoms with van der Waals surface area (Å²) >= 11 is 0. The van der Waals surface area contributed by atoms with Gasteiger partial charge >= 0.3 is 0 Å². The molecule has 2 aliphatic rings. The maximum atomic E-state index is 11.0. The van der Waals surface area contributed by atoms with Gasteiger partial charge in [-0.05, 0) is 55.9 Å². The third-order valence-corrected chi connectivity index (χ3v) is 4.33. The van der Waals surface area contributed by atoms with Crippen molar-refractivity contribution < 1.29 is 9.84 Å². The van der Waals surface area contributed by atoms with Crippen LogP contribution in [0.3, 0.4) is 0 Å². The number of methoxy groups -OCH3 is 1. The SMILES string of the molecule is COc1cc(C)cc(C2(O)CC3CCC(C2)N3)c1. The third kappa shape index (κ3) is 2.02. The fourth-order valence-corrected chi connectivity index (χ4v) is 3.49. The average Bonchev–Trinajstić information content (AvgIpc) is 2.68. The normalized spacial score (nSPS) is 34.6. The largest absolute Gasteiger partial charge is 0.497 e. The van der Waals surface area contributed by atoms with Crippen LogP contribution in [-0.4, -0.2) is 24.3 Å². The van der Waals surface area contributed by atoms with Gasteiger partial charge in [-0.15, -0.1) is 0 Å². The van der Waals surface area contributed by atoms with Gasteiger partial charge in [0, 0.05) is 12.1 Å². The Morgan fingerprint density at radius 2 is 1.89 bits per heavy atom. The first kappa shape index (κ1) is 12.0. The van der Waals surface area contributed by atoms with E-state index in [-0.39, 0.29) is 0 Å². The van der Waals surface area contributed by atoms with Gasteiger partial charge in [0.25, 0.3) is 0 Å². The van der Waals surface area contributed by atoms with E-state index < -0.39 is 5.60 Å². The molecule has 0 spiro atoms. The standard InChI is InChI=1S/C15H21NO2/c1-10-5-11(7-14(6-10)18-2)15(17)8-12-3-4-13(9-15)16-12/h5-7,12-13,16-17H,3-4,8-9H2,1-2H3. The molecular weight excluding hydrogens is 226 g/mol. The van der Waals surface area contributed by atoms with E-state index in [2.05, 4.69) is 11.4 Å². The minimum Gasteiger partial charge on any atom is -0.497 e. The molecule has 2 atom stereocenters. The Morgan fingerprint density at radius 1 is 1.22 bits per heavy atom. The summed E-state index contributed by atoms with van der Waals surface area (Å²) in [7, 11) is 1.68. The molecule has 18 heavy (non-hydrogen) atoms. The highest BCUT2D eigenvalue weighted by atomic mass is 16.5. The number of ether oxygens (including phenoxy) is 1. The van der Waals surface area contributed by atoms with Gasteiger partial charge in [0.2, 0.25) is 0 Å². The molecule has 2 fully saturated rings. The second kappa shape index (κ2) is 4.25. The fraction of sp³-hybridized carbons (Fsp3) is 0.600. The Balaban J connectivity index is 1.95. The van der Waals surface area contributed by atoms with E-state index in [1.807, 2.05) is 19.1 Å². The zero-order chi connectivity index (χ0) is 12.8. The van der Waals surface area contributed by atoms with Crippen LogP contribution in [0, 0.1) is 6.92 Å². The molecular formula is C15H21NO2. The van der Waals surface area contributed by atoms with Crippen molar-refractivity contribution in [2.75, 3.05) is 7.11 Å². The molecule has 2 heterocycles. The van der Waals surface area contributed by atoms with Gasteiger partial charge in [0.15, 0.2) is 0 Å². The molecule has 2 N–H and O–H groups in total. The predicted octanol–water partition coefficient (Wildman–Crippen LogP) is 2.11. The van der Waals surface area contributed by atoms with Gasteiger partial charge in [0.05, 0.1) is 12.7 Å². The number of piperidine rings is 1. The zero-order valence-corrected chi connectivity index (χ0v) is 11.1. The van der Waals surface area contributed by atoms with Crippen LogP contribution in [0.15, 0.2) is 18.2 Å². The smallest absolute Gasteiger partial charge is 0.119 e. The van der Waals surface area contributed by atoms with Gasteiger partial charge in [0.1, 0.15) is 5.75 Å². The second-order valence-electron chi connectivity index (χ2n) is 5.82. The summed E-state index contributed by atoms with van der Waals surface area (Å²) in [6, 6.07) is 7.02. The van der Waals surface area contributed by atoms with Gasteiger partial charge < -0.3 is 15.2 Å². The van der Waals surface area contributed by atoms with Gasteiger partial charge in [-0.3, -0.25) is 0 Å². The maximum absolute atomic E-state index is 11.0. The van der Waals surface area contributed by atoms with Crippen LogP contribution in [0.1, 0.15) is 36.8 Å². The number of fused-ring (bicyclic) bond motifs is 2. The Kier molecular flexibility index (Phi) is 2.83. The summed E-state index contributed by atoms with van der Waals surface area (Å²) in [6.07, 6.45) is 4.01. The summed E-state index contributed by atoms with van der Waals surface area (Å²) in [4.78, 5) is 0. The Bertz CT molecular complexity index is 446. The number of benzene rings is 1. The van der Waals surface area contributed by atoms with Gasteiger partial charge in [-0.2, -0.15) is 0 Å². The highest BCUT2D eigenvalue weighted by Crippen LogP contribution is 2.41. The summed E-state index contributed by atoms with van der Waals surface area (Å²) in [5.74, 6) is 0.837. The van der Waals surface area contributed by atoms with Crippen molar-refractivity contribution in [3.8, 4) is 5.75 Å². The molecule has 3 nitrogen and oxygen atoms in total. The Morgan fingerprint density at radius 3 is 2.50 bits per heavy atom. The van der Waals surface area contributed by atoms with Crippen LogP contribution < -0.4 is 10.1 Å². The summed E-state index contributed by atoms with van der Waals surface area (Å²) in [5, 5.41) is 14.5. The Labute approximate surface area is 108 Å². The number of hydrogen-bond acceptors (Lipinski definition) is 3. The molecule has 0 aromatic heterocycles. The van der Waals surface area contributed by atoms with Crippen molar-refractivity contribution in [1.82, 2.24) is 5.32 Å². The van der Waals surface area contributed by atoms with Crippen molar-refractivity contribution in [1.29, 1.82) is 0 Å². The van der Waals surface area contributed by atoms with Gasteiger partial charge in [-0.25, -0.2) is 0 Å². The molecule has 1 aromatic carbocycles. The lowest BCUT2D eigenvalue weighted by molar-refractivity contribution is -0.0116. The topological polar surface area (TPSA) is 41.5 Å². The summed E-state index contributed by atoms with van der Waals surface area (Å²) in [6.45, 7) is 2.05. The van der Waals surface area contributed by atoms with Crippen molar-refractivity contribution in [3.63, 3.8) is 0 Å². The highest BCUT2D eigenvalue weighted by molar-refractivity contribution is 5.37. The van der Waals surface area contributed by atoms with Crippen molar-refractivity contribution in [2.45, 2.75) is 50.3 Å². The molecule has 2 bridgehead atoms. The third-order valence-electron chi connectivity index (χ3n) is 4.33. The molecule has 2 unspecified atom stereocenters. The van der Waals surface area contributed by atoms with E-state index in [0.717, 1.165) is 29.7 Å². The lowest BCUT2D eigenvalue weighted by Gasteiger charge is -2.37. The number of nitrogens with one attached hydrogen (secondary N) is 1. The first-order valence-corrected chi connectivity index (χ1v) is 6.74. The Hall–Kier alpha value is -1.06. The molecule has 3 heteroatoms. The summed E-state index contributed by atoms with van der Waals surface area (Å²) in [5.41, 5.74) is 1.47. The molecule has 2 saturated heterocycles.